The molecule has 0 bridgehead atoms. The molecule has 1 atom stereocenters. The predicted molar refractivity (Wildman–Crippen MR) is 68.5 cm³/mol. The van der Waals surface area contributed by atoms with Crippen molar-refractivity contribution in [2.75, 3.05) is 0 Å². The SMILES string of the molecule is CCC(CC)CC(N)c1c(C)oc(C)c1C. The second-order valence-electron chi connectivity index (χ2n) is 4.78. The molecule has 0 fully saturated rings. The van der Waals surface area contributed by atoms with E-state index >= 15 is 0 Å². The van der Waals surface area contributed by atoms with E-state index < -0.39 is 0 Å². The van der Waals surface area contributed by atoms with Gasteiger partial charge < -0.3 is 10.2 Å². The van der Waals surface area contributed by atoms with E-state index in [1.807, 2.05) is 13.8 Å². The Morgan fingerprint density at radius 1 is 1.06 bits per heavy atom. The molecule has 0 aliphatic carbocycles. The van der Waals surface area contributed by atoms with Gasteiger partial charge in [-0.1, -0.05) is 26.7 Å². The number of nitrogens with two attached hydrogens (primary N) is 1. The van der Waals surface area contributed by atoms with E-state index in [0.29, 0.717) is 0 Å². The van der Waals surface area contributed by atoms with Gasteiger partial charge in [-0.15, -0.1) is 0 Å². The molecule has 0 amide bonds. The van der Waals surface area contributed by atoms with E-state index in [1.165, 1.54) is 24.0 Å². The van der Waals surface area contributed by atoms with Gasteiger partial charge in [0, 0.05) is 11.6 Å². The summed E-state index contributed by atoms with van der Waals surface area (Å²) < 4.78 is 5.64. The third-order valence-electron chi connectivity index (χ3n) is 3.73. The standard InChI is InChI=1S/C14H25NO/c1-6-12(7-2)8-13(15)14-9(3)10(4)16-11(14)5/h12-13H,6-8,15H2,1-5H3. The first-order valence-corrected chi connectivity index (χ1v) is 6.33. The normalized spacial score (nSPS) is 13.4. The van der Waals surface area contributed by atoms with Gasteiger partial charge in [0.25, 0.3) is 0 Å². The first-order chi connectivity index (χ1) is 7.51. The average Bonchev–Trinajstić information content (AvgIpc) is 2.49. The first-order valence-electron chi connectivity index (χ1n) is 6.33. The van der Waals surface area contributed by atoms with Gasteiger partial charge in [-0.3, -0.25) is 0 Å². The van der Waals surface area contributed by atoms with Crippen LogP contribution in [-0.2, 0) is 0 Å². The van der Waals surface area contributed by atoms with Crippen LogP contribution in [0.3, 0.4) is 0 Å². The van der Waals surface area contributed by atoms with E-state index in [-0.39, 0.29) is 6.04 Å². The first kappa shape index (κ1) is 13.3. The highest BCUT2D eigenvalue weighted by Gasteiger charge is 2.20. The maximum Gasteiger partial charge on any atom is 0.106 e. The second-order valence-corrected chi connectivity index (χ2v) is 4.78. The Morgan fingerprint density at radius 2 is 1.62 bits per heavy atom. The van der Waals surface area contributed by atoms with Gasteiger partial charge in [-0.25, -0.2) is 0 Å². The lowest BCUT2D eigenvalue weighted by Crippen LogP contribution is -2.16. The molecule has 1 aromatic heterocycles. The van der Waals surface area contributed by atoms with Crippen LogP contribution in [0.15, 0.2) is 4.42 Å². The summed E-state index contributed by atoms with van der Waals surface area (Å²) in [7, 11) is 0. The van der Waals surface area contributed by atoms with Crippen molar-refractivity contribution in [3.05, 3.63) is 22.6 Å². The molecule has 1 aromatic rings. The van der Waals surface area contributed by atoms with Crippen molar-refractivity contribution in [1.82, 2.24) is 0 Å². The highest BCUT2D eigenvalue weighted by molar-refractivity contribution is 5.34. The van der Waals surface area contributed by atoms with Crippen LogP contribution in [0, 0.1) is 26.7 Å². The second kappa shape index (κ2) is 5.53. The van der Waals surface area contributed by atoms with Crippen molar-refractivity contribution >= 4 is 0 Å². The topological polar surface area (TPSA) is 39.2 Å². The molecule has 92 valence electrons. The maximum absolute atomic E-state index is 6.30. The van der Waals surface area contributed by atoms with Gasteiger partial charge in [0.1, 0.15) is 11.5 Å². The van der Waals surface area contributed by atoms with Crippen LogP contribution in [0.2, 0.25) is 0 Å². The van der Waals surface area contributed by atoms with Gasteiger partial charge in [0.2, 0.25) is 0 Å². The highest BCUT2D eigenvalue weighted by atomic mass is 16.3. The summed E-state index contributed by atoms with van der Waals surface area (Å²) in [5.74, 6) is 2.73. The zero-order valence-corrected chi connectivity index (χ0v) is 11.3. The molecule has 0 radical (unpaired) electrons. The van der Waals surface area contributed by atoms with Crippen molar-refractivity contribution in [2.45, 2.75) is 59.9 Å². The number of hydrogen-bond acceptors (Lipinski definition) is 2. The molecule has 0 saturated heterocycles. The van der Waals surface area contributed by atoms with Crippen molar-refractivity contribution in [3.8, 4) is 0 Å². The van der Waals surface area contributed by atoms with E-state index in [4.69, 9.17) is 10.2 Å². The minimum atomic E-state index is 0.127. The van der Waals surface area contributed by atoms with Crippen molar-refractivity contribution in [3.63, 3.8) is 0 Å². The minimum Gasteiger partial charge on any atom is -0.466 e. The molecule has 0 saturated carbocycles. The fraction of sp³-hybridized carbons (Fsp3) is 0.714. The van der Waals surface area contributed by atoms with Crippen LogP contribution in [0.5, 0.6) is 0 Å². The Bertz CT molecular complexity index is 337. The molecular weight excluding hydrogens is 198 g/mol. The van der Waals surface area contributed by atoms with Crippen molar-refractivity contribution in [2.24, 2.45) is 11.7 Å². The van der Waals surface area contributed by atoms with Gasteiger partial charge in [-0.05, 0) is 38.7 Å². The number of hydrogen-bond donors (Lipinski definition) is 1. The fourth-order valence-corrected chi connectivity index (χ4v) is 2.45. The Morgan fingerprint density at radius 3 is 2.00 bits per heavy atom. The number of rotatable bonds is 5. The zero-order valence-electron chi connectivity index (χ0n) is 11.3. The molecule has 0 aromatic carbocycles. The van der Waals surface area contributed by atoms with Gasteiger partial charge in [-0.2, -0.15) is 0 Å². The van der Waals surface area contributed by atoms with Crippen LogP contribution in [-0.4, -0.2) is 0 Å². The lowest BCUT2D eigenvalue weighted by Gasteiger charge is -2.18. The summed E-state index contributed by atoms with van der Waals surface area (Å²) in [4.78, 5) is 0. The monoisotopic (exact) mass is 223 g/mol. The quantitative estimate of drug-likeness (QED) is 0.818. The summed E-state index contributed by atoms with van der Waals surface area (Å²) in [6, 6.07) is 0.127. The largest absolute Gasteiger partial charge is 0.466 e. The van der Waals surface area contributed by atoms with Gasteiger partial charge in [0.05, 0.1) is 0 Å². The summed E-state index contributed by atoms with van der Waals surface area (Å²) in [6.07, 6.45) is 3.48. The average molecular weight is 223 g/mol. The number of aryl methyl sites for hydroxylation is 2. The van der Waals surface area contributed by atoms with Crippen LogP contribution in [0.1, 0.15) is 61.8 Å². The van der Waals surface area contributed by atoms with Crippen LogP contribution >= 0.6 is 0 Å². The molecular formula is C14H25NO. The predicted octanol–water partition coefficient (Wildman–Crippen LogP) is 4.03. The molecule has 16 heavy (non-hydrogen) atoms. The smallest absolute Gasteiger partial charge is 0.106 e. The molecule has 2 heteroatoms. The highest BCUT2D eigenvalue weighted by Crippen LogP contribution is 2.30. The van der Waals surface area contributed by atoms with E-state index in [0.717, 1.165) is 23.9 Å². The third kappa shape index (κ3) is 2.67. The molecule has 2 N–H and O–H groups in total. The molecule has 0 spiro atoms. The fourth-order valence-electron chi connectivity index (χ4n) is 2.45. The molecule has 0 aliphatic rings. The van der Waals surface area contributed by atoms with Crippen molar-refractivity contribution < 1.29 is 4.42 Å². The zero-order chi connectivity index (χ0) is 12.3. The summed E-state index contributed by atoms with van der Waals surface area (Å²) >= 11 is 0. The molecule has 0 aliphatic heterocycles. The molecule has 1 unspecified atom stereocenters. The maximum atomic E-state index is 6.30. The van der Waals surface area contributed by atoms with Crippen LogP contribution in [0.25, 0.3) is 0 Å². The lowest BCUT2D eigenvalue weighted by molar-refractivity contribution is 0.409. The van der Waals surface area contributed by atoms with Crippen LogP contribution in [0.4, 0.5) is 0 Å². The summed E-state index contributed by atoms with van der Waals surface area (Å²) in [5.41, 5.74) is 8.76. The summed E-state index contributed by atoms with van der Waals surface area (Å²) in [6.45, 7) is 10.6. The number of furan rings is 1. The Balaban J connectivity index is 2.83. The van der Waals surface area contributed by atoms with Gasteiger partial charge in [0.15, 0.2) is 0 Å². The lowest BCUT2D eigenvalue weighted by atomic mass is 9.90. The molecule has 2 nitrogen and oxygen atoms in total. The molecule has 1 heterocycles. The van der Waals surface area contributed by atoms with E-state index in [9.17, 15) is 0 Å². The van der Waals surface area contributed by atoms with Crippen LogP contribution < -0.4 is 5.73 Å². The molecule has 1 rings (SSSR count). The minimum absolute atomic E-state index is 0.127. The summed E-state index contributed by atoms with van der Waals surface area (Å²) in [5, 5.41) is 0. The van der Waals surface area contributed by atoms with Gasteiger partial charge >= 0.3 is 0 Å². The Hall–Kier alpha value is -0.760. The van der Waals surface area contributed by atoms with E-state index in [2.05, 4.69) is 20.8 Å². The van der Waals surface area contributed by atoms with E-state index in [1.54, 1.807) is 0 Å². The Labute approximate surface area is 99.2 Å². The third-order valence-corrected chi connectivity index (χ3v) is 3.73. The van der Waals surface area contributed by atoms with Crippen molar-refractivity contribution in [1.29, 1.82) is 0 Å². The Kier molecular flexibility index (Phi) is 4.60.